The number of ether oxygens (including phenoxy) is 1. The number of benzene rings is 1. The molecule has 122 valence electrons. The van der Waals surface area contributed by atoms with Gasteiger partial charge in [-0.25, -0.2) is 0 Å². The summed E-state index contributed by atoms with van der Waals surface area (Å²) < 4.78 is 5.79. The number of hydrogen-bond donors (Lipinski definition) is 1. The fourth-order valence-electron chi connectivity index (χ4n) is 2.84. The van der Waals surface area contributed by atoms with Crippen molar-refractivity contribution in [1.29, 1.82) is 0 Å². The van der Waals surface area contributed by atoms with Gasteiger partial charge in [-0.3, -0.25) is 9.69 Å². The van der Waals surface area contributed by atoms with E-state index in [2.05, 4.69) is 42.3 Å². The van der Waals surface area contributed by atoms with Crippen molar-refractivity contribution >= 4 is 5.91 Å². The van der Waals surface area contributed by atoms with Gasteiger partial charge in [0.25, 0.3) is 0 Å². The van der Waals surface area contributed by atoms with Gasteiger partial charge in [0.1, 0.15) is 5.75 Å². The molecule has 4 heteroatoms. The predicted molar refractivity (Wildman–Crippen MR) is 88.8 cm³/mol. The predicted octanol–water partition coefficient (Wildman–Crippen LogP) is 2.68. The fourth-order valence-corrected chi connectivity index (χ4v) is 2.84. The Labute approximate surface area is 133 Å². The summed E-state index contributed by atoms with van der Waals surface area (Å²) in [5.41, 5.74) is 1.28. The summed E-state index contributed by atoms with van der Waals surface area (Å²) in [6, 6.07) is 8.36. The van der Waals surface area contributed by atoms with E-state index >= 15 is 0 Å². The molecule has 1 aliphatic rings. The highest BCUT2D eigenvalue weighted by Gasteiger charge is 2.24. The third-order valence-corrected chi connectivity index (χ3v) is 4.01. The van der Waals surface area contributed by atoms with Crippen LogP contribution in [0.3, 0.4) is 0 Å². The van der Waals surface area contributed by atoms with E-state index in [1.807, 2.05) is 6.07 Å². The van der Waals surface area contributed by atoms with Crippen LogP contribution in [0.25, 0.3) is 0 Å². The van der Waals surface area contributed by atoms with Crippen LogP contribution in [-0.4, -0.2) is 37.6 Å². The van der Waals surface area contributed by atoms with Crippen LogP contribution < -0.4 is 10.1 Å². The van der Waals surface area contributed by atoms with E-state index in [0.29, 0.717) is 18.3 Å². The molecule has 1 atom stereocenters. The number of amides is 1. The minimum Gasteiger partial charge on any atom is -0.493 e. The van der Waals surface area contributed by atoms with Crippen molar-refractivity contribution in [2.24, 2.45) is 11.8 Å². The molecule has 0 bridgehead atoms. The van der Waals surface area contributed by atoms with Crippen molar-refractivity contribution in [2.75, 3.05) is 26.7 Å². The van der Waals surface area contributed by atoms with E-state index in [-0.39, 0.29) is 5.91 Å². The SMILES string of the molecule is CNC(=O)CC1CCN(Cc2cccc(OCC(C)C)c2)C1. The summed E-state index contributed by atoms with van der Waals surface area (Å²) >= 11 is 0. The largest absolute Gasteiger partial charge is 0.493 e. The maximum Gasteiger partial charge on any atom is 0.220 e. The lowest BCUT2D eigenvalue weighted by molar-refractivity contribution is -0.121. The van der Waals surface area contributed by atoms with Crippen molar-refractivity contribution in [1.82, 2.24) is 10.2 Å². The van der Waals surface area contributed by atoms with Gasteiger partial charge in [0.15, 0.2) is 0 Å². The van der Waals surface area contributed by atoms with Crippen molar-refractivity contribution in [3.63, 3.8) is 0 Å². The minimum absolute atomic E-state index is 0.149. The molecule has 1 unspecified atom stereocenters. The average Bonchev–Trinajstić information content (AvgIpc) is 2.92. The van der Waals surface area contributed by atoms with Gasteiger partial charge in [-0.1, -0.05) is 26.0 Å². The third kappa shape index (κ3) is 5.34. The Morgan fingerprint density at radius 2 is 2.27 bits per heavy atom. The first kappa shape index (κ1) is 16.8. The maximum absolute atomic E-state index is 11.5. The summed E-state index contributed by atoms with van der Waals surface area (Å²) in [7, 11) is 1.71. The molecule has 0 aromatic heterocycles. The average molecular weight is 304 g/mol. The quantitative estimate of drug-likeness (QED) is 0.842. The summed E-state index contributed by atoms with van der Waals surface area (Å²) in [4.78, 5) is 13.9. The molecule has 4 nitrogen and oxygen atoms in total. The molecule has 1 amide bonds. The van der Waals surface area contributed by atoms with Crippen molar-refractivity contribution in [3.05, 3.63) is 29.8 Å². The third-order valence-electron chi connectivity index (χ3n) is 4.01. The highest BCUT2D eigenvalue weighted by Crippen LogP contribution is 2.23. The number of nitrogens with zero attached hydrogens (tertiary/aromatic N) is 1. The number of rotatable bonds is 7. The highest BCUT2D eigenvalue weighted by molar-refractivity contribution is 5.75. The monoisotopic (exact) mass is 304 g/mol. The van der Waals surface area contributed by atoms with Crippen molar-refractivity contribution < 1.29 is 9.53 Å². The highest BCUT2D eigenvalue weighted by atomic mass is 16.5. The number of carbonyl (C=O) groups excluding carboxylic acids is 1. The van der Waals surface area contributed by atoms with Crippen LogP contribution >= 0.6 is 0 Å². The molecule has 1 aromatic rings. The lowest BCUT2D eigenvalue weighted by Gasteiger charge is -2.17. The van der Waals surface area contributed by atoms with Gasteiger partial charge >= 0.3 is 0 Å². The van der Waals surface area contributed by atoms with Crippen molar-refractivity contribution in [3.8, 4) is 5.75 Å². The zero-order valence-corrected chi connectivity index (χ0v) is 14.0. The van der Waals surface area contributed by atoms with Gasteiger partial charge < -0.3 is 10.1 Å². The van der Waals surface area contributed by atoms with Crippen LogP contribution in [0.5, 0.6) is 5.75 Å². The molecule has 2 rings (SSSR count). The summed E-state index contributed by atoms with van der Waals surface area (Å²) in [5, 5.41) is 2.71. The molecule has 1 aromatic carbocycles. The van der Waals surface area contributed by atoms with Gasteiger partial charge in [0, 0.05) is 26.6 Å². The number of hydrogen-bond acceptors (Lipinski definition) is 3. The molecular formula is C18H28N2O2. The minimum atomic E-state index is 0.149. The van der Waals surface area contributed by atoms with Crippen LogP contribution in [0.15, 0.2) is 24.3 Å². The van der Waals surface area contributed by atoms with E-state index in [1.54, 1.807) is 7.05 Å². The zero-order chi connectivity index (χ0) is 15.9. The zero-order valence-electron chi connectivity index (χ0n) is 14.0. The van der Waals surface area contributed by atoms with Crippen LogP contribution in [0, 0.1) is 11.8 Å². The Hall–Kier alpha value is -1.55. The van der Waals surface area contributed by atoms with Gasteiger partial charge in [-0.2, -0.15) is 0 Å². The van der Waals surface area contributed by atoms with E-state index in [9.17, 15) is 4.79 Å². The molecule has 0 spiro atoms. The molecule has 1 N–H and O–H groups in total. The molecular weight excluding hydrogens is 276 g/mol. The van der Waals surface area contributed by atoms with E-state index in [0.717, 1.165) is 38.4 Å². The van der Waals surface area contributed by atoms with E-state index in [1.165, 1.54) is 5.56 Å². The first-order valence-electron chi connectivity index (χ1n) is 8.21. The number of likely N-dealkylation sites (tertiary alicyclic amines) is 1. The maximum atomic E-state index is 11.5. The molecule has 1 saturated heterocycles. The lowest BCUT2D eigenvalue weighted by Crippen LogP contribution is -2.24. The molecule has 0 aliphatic carbocycles. The Bertz CT molecular complexity index is 488. The molecule has 1 aliphatic heterocycles. The van der Waals surface area contributed by atoms with Crippen molar-refractivity contribution in [2.45, 2.75) is 33.2 Å². The molecule has 0 radical (unpaired) electrons. The Morgan fingerprint density at radius 3 is 3.00 bits per heavy atom. The molecule has 0 saturated carbocycles. The second-order valence-electron chi connectivity index (χ2n) is 6.62. The summed E-state index contributed by atoms with van der Waals surface area (Å²) in [5.74, 6) is 2.12. The first-order valence-corrected chi connectivity index (χ1v) is 8.21. The van der Waals surface area contributed by atoms with E-state index in [4.69, 9.17) is 4.74 Å². The van der Waals surface area contributed by atoms with Crippen LogP contribution in [0.2, 0.25) is 0 Å². The van der Waals surface area contributed by atoms with E-state index < -0.39 is 0 Å². The second kappa shape index (κ2) is 8.18. The van der Waals surface area contributed by atoms with Crippen LogP contribution in [0.4, 0.5) is 0 Å². The van der Waals surface area contributed by atoms with Gasteiger partial charge in [-0.15, -0.1) is 0 Å². The molecule has 22 heavy (non-hydrogen) atoms. The second-order valence-corrected chi connectivity index (χ2v) is 6.62. The first-order chi connectivity index (χ1) is 10.6. The Morgan fingerprint density at radius 1 is 1.45 bits per heavy atom. The fraction of sp³-hybridized carbons (Fsp3) is 0.611. The topological polar surface area (TPSA) is 41.6 Å². The molecule has 1 heterocycles. The van der Waals surface area contributed by atoms with Gasteiger partial charge in [0.2, 0.25) is 5.91 Å². The van der Waals surface area contributed by atoms with Gasteiger partial charge in [0.05, 0.1) is 6.61 Å². The smallest absolute Gasteiger partial charge is 0.220 e. The standard InChI is InChI=1S/C18H28N2O2/c1-14(2)13-22-17-6-4-5-15(9-17)11-20-8-7-16(12-20)10-18(21)19-3/h4-6,9,14,16H,7-8,10-13H2,1-3H3,(H,19,21). The summed E-state index contributed by atoms with van der Waals surface area (Å²) in [6.45, 7) is 8.06. The lowest BCUT2D eigenvalue weighted by atomic mass is 10.0. The molecule has 1 fully saturated rings. The normalized spacial score (nSPS) is 18.6. The number of nitrogens with one attached hydrogen (secondary N) is 1. The number of carbonyl (C=O) groups is 1. The Balaban J connectivity index is 1.84. The van der Waals surface area contributed by atoms with Crippen LogP contribution in [0.1, 0.15) is 32.3 Å². The van der Waals surface area contributed by atoms with Crippen LogP contribution in [-0.2, 0) is 11.3 Å². The van der Waals surface area contributed by atoms with Gasteiger partial charge in [-0.05, 0) is 42.5 Å². The Kier molecular flexibility index (Phi) is 6.25. The summed E-state index contributed by atoms with van der Waals surface area (Å²) in [6.07, 6.45) is 1.75.